The molecule has 1 aliphatic rings. The number of nitrogens with one attached hydrogen (secondary N) is 2. The third-order valence-electron chi connectivity index (χ3n) is 5.12. The average molecular weight is 475 g/mol. The number of hydrogen-bond acceptors (Lipinski definition) is 7. The van der Waals surface area contributed by atoms with E-state index in [0.717, 1.165) is 0 Å². The first-order valence-electron chi connectivity index (χ1n) is 10.6. The van der Waals surface area contributed by atoms with Crippen molar-refractivity contribution < 1.29 is 34.2 Å². The van der Waals surface area contributed by atoms with E-state index in [9.17, 15) is 34.2 Å². The summed E-state index contributed by atoms with van der Waals surface area (Å²) in [6, 6.07) is -4.32. The van der Waals surface area contributed by atoms with E-state index in [1.807, 2.05) is 20.1 Å². The van der Waals surface area contributed by atoms with Crippen molar-refractivity contribution in [3.05, 3.63) is 0 Å². The van der Waals surface area contributed by atoms with Crippen LogP contribution in [0.5, 0.6) is 0 Å². The maximum Gasteiger partial charge on any atom is 0.326 e. The molecule has 1 rings (SSSR count). The first kappa shape index (κ1) is 27.7. The maximum absolute atomic E-state index is 13.0. The zero-order chi connectivity index (χ0) is 24.4. The van der Waals surface area contributed by atoms with Gasteiger partial charge in [0, 0.05) is 6.54 Å². The van der Waals surface area contributed by atoms with E-state index >= 15 is 0 Å². The van der Waals surface area contributed by atoms with Crippen molar-refractivity contribution in [3.8, 4) is 0 Å². The van der Waals surface area contributed by atoms with Gasteiger partial charge in [0.05, 0.1) is 12.5 Å². The van der Waals surface area contributed by atoms with E-state index in [1.54, 1.807) is 0 Å². The second kappa shape index (κ2) is 13.3. The molecule has 0 bridgehead atoms. The van der Waals surface area contributed by atoms with E-state index in [0.29, 0.717) is 25.0 Å². The third-order valence-corrected chi connectivity index (χ3v) is 5.76. The average Bonchev–Trinajstić information content (AvgIpc) is 3.19. The molecule has 4 atom stereocenters. The van der Waals surface area contributed by atoms with Crippen molar-refractivity contribution in [2.24, 2.45) is 11.7 Å². The molecular weight excluding hydrogens is 440 g/mol. The Kier molecular flexibility index (Phi) is 11.5. The fourth-order valence-electron chi connectivity index (χ4n) is 3.53. The predicted octanol–water partition coefficient (Wildman–Crippen LogP) is -0.367. The summed E-state index contributed by atoms with van der Waals surface area (Å²) >= 11 is 1.44. The number of carbonyl (C=O) groups is 5. The number of amides is 3. The standard InChI is InChI=1S/C20H34N4O7S/c1-11(2)9-12(21)17(27)23-14(10-16(25)26)18(28)22-13(6-8-32-3)19(29)24-7-4-5-15(24)20(30)31/h11-15H,4-10,21H2,1-3H3,(H,22,28)(H,23,27)(H,25,26)(H,30,31). The zero-order valence-electron chi connectivity index (χ0n) is 18.7. The summed E-state index contributed by atoms with van der Waals surface area (Å²) in [6.45, 7) is 4.01. The van der Waals surface area contributed by atoms with Crippen molar-refractivity contribution in [3.63, 3.8) is 0 Å². The van der Waals surface area contributed by atoms with Crippen LogP contribution in [0.2, 0.25) is 0 Å². The van der Waals surface area contributed by atoms with Gasteiger partial charge in [0.15, 0.2) is 0 Å². The van der Waals surface area contributed by atoms with Crippen LogP contribution in [0.3, 0.4) is 0 Å². The smallest absolute Gasteiger partial charge is 0.326 e. The number of carboxylic acid groups (broad SMARTS) is 2. The Hall–Kier alpha value is -2.34. The minimum absolute atomic E-state index is 0.124. The van der Waals surface area contributed by atoms with Crippen molar-refractivity contribution in [1.29, 1.82) is 0 Å². The molecule has 0 aromatic rings. The van der Waals surface area contributed by atoms with Crippen LogP contribution in [0.4, 0.5) is 0 Å². The summed E-state index contributed by atoms with van der Waals surface area (Å²) in [5.74, 6) is -3.80. The van der Waals surface area contributed by atoms with Crippen molar-refractivity contribution in [2.75, 3.05) is 18.6 Å². The Balaban J connectivity index is 2.97. The van der Waals surface area contributed by atoms with Crippen LogP contribution in [-0.2, 0) is 24.0 Å². The third kappa shape index (κ3) is 8.65. The predicted molar refractivity (Wildman–Crippen MR) is 119 cm³/mol. The molecule has 1 aliphatic heterocycles. The second-order valence-electron chi connectivity index (χ2n) is 8.27. The monoisotopic (exact) mass is 474 g/mol. The summed E-state index contributed by atoms with van der Waals surface area (Å²) in [6.07, 6.45) is 2.59. The fraction of sp³-hybridized carbons (Fsp3) is 0.750. The van der Waals surface area contributed by atoms with Crippen molar-refractivity contribution >= 4 is 41.4 Å². The van der Waals surface area contributed by atoms with Gasteiger partial charge in [-0.15, -0.1) is 0 Å². The summed E-state index contributed by atoms with van der Waals surface area (Å²) in [4.78, 5) is 62.1. The number of nitrogens with zero attached hydrogens (tertiary/aromatic N) is 1. The van der Waals surface area contributed by atoms with Crippen LogP contribution >= 0.6 is 11.8 Å². The normalized spacial score (nSPS) is 18.7. The maximum atomic E-state index is 13.0. The van der Waals surface area contributed by atoms with Gasteiger partial charge in [0.2, 0.25) is 17.7 Å². The molecule has 0 saturated carbocycles. The lowest BCUT2D eigenvalue weighted by molar-refractivity contribution is -0.149. The first-order chi connectivity index (χ1) is 15.0. The molecule has 0 aliphatic carbocycles. The van der Waals surface area contributed by atoms with Gasteiger partial charge >= 0.3 is 11.9 Å². The Bertz CT molecular complexity index is 703. The Morgan fingerprint density at radius 1 is 1.09 bits per heavy atom. The van der Waals surface area contributed by atoms with Crippen LogP contribution in [0.15, 0.2) is 0 Å². The molecule has 11 nitrogen and oxygen atoms in total. The van der Waals surface area contributed by atoms with Crippen LogP contribution in [0.1, 0.15) is 46.0 Å². The molecule has 1 heterocycles. The number of carbonyl (C=O) groups excluding carboxylic acids is 3. The van der Waals surface area contributed by atoms with Crippen LogP contribution in [0.25, 0.3) is 0 Å². The largest absolute Gasteiger partial charge is 0.481 e. The number of aliphatic carboxylic acids is 2. The van der Waals surface area contributed by atoms with Gasteiger partial charge in [-0.3, -0.25) is 19.2 Å². The lowest BCUT2D eigenvalue weighted by Crippen LogP contribution is -2.57. The van der Waals surface area contributed by atoms with Crippen LogP contribution < -0.4 is 16.4 Å². The molecule has 0 radical (unpaired) electrons. The number of hydrogen-bond donors (Lipinski definition) is 5. The number of nitrogens with two attached hydrogens (primary N) is 1. The van der Waals surface area contributed by atoms with E-state index in [2.05, 4.69) is 10.6 Å². The van der Waals surface area contributed by atoms with Gasteiger partial charge in [0.25, 0.3) is 0 Å². The molecule has 6 N–H and O–H groups in total. The number of thioether (sulfide) groups is 1. The quantitative estimate of drug-likeness (QED) is 0.238. The highest BCUT2D eigenvalue weighted by molar-refractivity contribution is 7.98. The van der Waals surface area contributed by atoms with E-state index in [-0.39, 0.29) is 18.9 Å². The topological polar surface area (TPSA) is 179 Å². The molecule has 1 fully saturated rings. The summed E-state index contributed by atoms with van der Waals surface area (Å²) in [5, 5.41) is 23.4. The molecule has 0 spiro atoms. The van der Waals surface area contributed by atoms with Crippen molar-refractivity contribution in [1.82, 2.24) is 15.5 Å². The van der Waals surface area contributed by atoms with E-state index in [1.165, 1.54) is 16.7 Å². The summed E-state index contributed by atoms with van der Waals surface area (Å²) < 4.78 is 0. The Morgan fingerprint density at radius 3 is 2.25 bits per heavy atom. The fourth-order valence-corrected chi connectivity index (χ4v) is 4.00. The molecule has 32 heavy (non-hydrogen) atoms. The minimum Gasteiger partial charge on any atom is -0.481 e. The molecule has 182 valence electrons. The Labute approximate surface area is 191 Å². The second-order valence-corrected chi connectivity index (χ2v) is 9.25. The zero-order valence-corrected chi connectivity index (χ0v) is 19.5. The highest BCUT2D eigenvalue weighted by Crippen LogP contribution is 2.20. The SMILES string of the molecule is CSCCC(NC(=O)C(CC(=O)O)NC(=O)C(N)CC(C)C)C(=O)N1CCCC1C(=O)O. The van der Waals surface area contributed by atoms with Crippen LogP contribution in [-0.4, -0.2) is 87.5 Å². The lowest BCUT2D eigenvalue weighted by atomic mass is 10.0. The van der Waals surface area contributed by atoms with E-state index < -0.39 is 60.2 Å². The van der Waals surface area contributed by atoms with Gasteiger partial charge < -0.3 is 31.5 Å². The number of rotatable bonds is 13. The first-order valence-corrected chi connectivity index (χ1v) is 12.0. The number of carboxylic acids is 2. The highest BCUT2D eigenvalue weighted by Gasteiger charge is 2.38. The van der Waals surface area contributed by atoms with Gasteiger partial charge in [0.1, 0.15) is 18.1 Å². The molecule has 12 heteroatoms. The van der Waals surface area contributed by atoms with Crippen LogP contribution in [0, 0.1) is 5.92 Å². The molecule has 0 aromatic carbocycles. The van der Waals surface area contributed by atoms with Crippen molar-refractivity contribution in [2.45, 2.75) is 70.1 Å². The molecular formula is C20H34N4O7S. The lowest BCUT2D eigenvalue weighted by Gasteiger charge is -2.28. The highest BCUT2D eigenvalue weighted by atomic mass is 32.2. The minimum atomic E-state index is -1.42. The molecule has 0 aromatic heterocycles. The Morgan fingerprint density at radius 2 is 1.72 bits per heavy atom. The van der Waals surface area contributed by atoms with Gasteiger partial charge in [-0.2, -0.15) is 11.8 Å². The summed E-state index contributed by atoms with van der Waals surface area (Å²) in [7, 11) is 0. The molecule has 1 saturated heterocycles. The number of likely N-dealkylation sites (tertiary alicyclic amines) is 1. The molecule has 3 amide bonds. The molecule has 4 unspecified atom stereocenters. The van der Waals surface area contributed by atoms with E-state index in [4.69, 9.17) is 5.73 Å². The van der Waals surface area contributed by atoms with Gasteiger partial charge in [-0.05, 0) is 43.6 Å². The van der Waals surface area contributed by atoms with Gasteiger partial charge in [-0.25, -0.2) is 4.79 Å². The van der Waals surface area contributed by atoms with Gasteiger partial charge in [-0.1, -0.05) is 13.8 Å². The summed E-state index contributed by atoms with van der Waals surface area (Å²) in [5.41, 5.74) is 5.83.